The SMILES string of the molecule is CCC1CCCC[N+]1(C)C. The molecule has 1 atom stereocenters. The summed E-state index contributed by atoms with van der Waals surface area (Å²) in [5.74, 6) is 0. The van der Waals surface area contributed by atoms with Gasteiger partial charge in [-0.05, 0) is 25.7 Å². The number of hydrogen-bond acceptors (Lipinski definition) is 0. The number of nitrogens with zero attached hydrogens (tertiary/aromatic N) is 1. The summed E-state index contributed by atoms with van der Waals surface area (Å²) in [6.45, 7) is 3.70. The van der Waals surface area contributed by atoms with Gasteiger partial charge in [0.1, 0.15) is 0 Å². The minimum atomic E-state index is 0.939. The van der Waals surface area contributed by atoms with Crippen molar-refractivity contribution in [3.05, 3.63) is 0 Å². The number of likely N-dealkylation sites (tertiary alicyclic amines) is 1. The summed E-state index contributed by atoms with van der Waals surface area (Å²) in [6.07, 6.45) is 5.69. The molecule has 0 N–H and O–H groups in total. The molecule has 1 heteroatoms. The van der Waals surface area contributed by atoms with Crippen LogP contribution in [0.1, 0.15) is 32.6 Å². The molecule has 0 amide bonds. The molecule has 10 heavy (non-hydrogen) atoms. The Morgan fingerprint density at radius 3 is 2.40 bits per heavy atom. The summed E-state index contributed by atoms with van der Waals surface area (Å²) < 4.78 is 1.26. The van der Waals surface area contributed by atoms with Crippen LogP contribution in [0.3, 0.4) is 0 Å². The van der Waals surface area contributed by atoms with E-state index in [0.29, 0.717) is 0 Å². The highest BCUT2D eigenvalue weighted by Gasteiger charge is 2.29. The van der Waals surface area contributed by atoms with Crippen LogP contribution in [0.2, 0.25) is 0 Å². The van der Waals surface area contributed by atoms with Crippen molar-refractivity contribution in [3.8, 4) is 0 Å². The molecule has 0 aromatic carbocycles. The third-order valence-corrected chi connectivity index (χ3v) is 2.98. The molecule has 1 aliphatic heterocycles. The van der Waals surface area contributed by atoms with Gasteiger partial charge in [0.25, 0.3) is 0 Å². The maximum atomic E-state index is 2.37. The number of hydrogen-bond donors (Lipinski definition) is 0. The zero-order valence-corrected chi connectivity index (χ0v) is 7.56. The molecule has 0 aromatic rings. The monoisotopic (exact) mass is 142 g/mol. The van der Waals surface area contributed by atoms with Gasteiger partial charge in [0.15, 0.2) is 0 Å². The minimum Gasteiger partial charge on any atom is -0.326 e. The third kappa shape index (κ3) is 1.51. The van der Waals surface area contributed by atoms with Crippen LogP contribution in [-0.4, -0.2) is 31.2 Å². The fourth-order valence-electron chi connectivity index (χ4n) is 2.13. The van der Waals surface area contributed by atoms with Crippen molar-refractivity contribution in [1.29, 1.82) is 0 Å². The van der Waals surface area contributed by atoms with Crippen LogP contribution in [0, 0.1) is 0 Å². The molecule has 60 valence electrons. The lowest BCUT2D eigenvalue weighted by Gasteiger charge is -2.41. The maximum Gasteiger partial charge on any atom is 0.0883 e. The zero-order chi connectivity index (χ0) is 7.61. The maximum absolute atomic E-state index is 2.37. The van der Waals surface area contributed by atoms with Gasteiger partial charge in [-0.1, -0.05) is 6.92 Å². The summed E-state index contributed by atoms with van der Waals surface area (Å²) >= 11 is 0. The van der Waals surface area contributed by atoms with E-state index >= 15 is 0 Å². The van der Waals surface area contributed by atoms with Gasteiger partial charge in [-0.25, -0.2) is 0 Å². The van der Waals surface area contributed by atoms with Gasteiger partial charge in [-0.2, -0.15) is 0 Å². The lowest BCUT2D eigenvalue weighted by Crippen LogP contribution is -2.51. The molecule has 1 fully saturated rings. The molecule has 0 spiro atoms. The second kappa shape index (κ2) is 2.91. The molecule has 0 aliphatic carbocycles. The van der Waals surface area contributed by atoms with E-state index in [1.807, 2.05) is 0 Å². The first-order valence-corrected chi connectivity index (χ1v) is 4.49. The first-order chi connectivity index (χ1) is 4.67. The zero-order valence-electron chi connectivity index (χ0n) is 7.56. The minimum absolute atomic E-state index is 0.939. The third-order valence-electron chi connectivity index (χ3n) is 2.98. The van der Waals surface area contributed by atoms with Crippen molar-refractivity contribution in [2.24, 2.45) is 0 Å². The Morgan fingerprint density at radius 2 is 2.00 bits per heavy atom. The van der Waals surface area contributed by atoms with Crippen LogP contribution in [-0.2, 0) is 0 Å². The summed E-state index contributed by atoms with van der Waals surface area (Å²) in [5, 5.41) is 0. The number of piperidine rings is 1. The molecular formula is C9H20N+. The first-order valence-electron chi connectivity index (χ1n) is 4.49. The van der Waals surface area contributed by atoms with E-state index < -0.39 is 0 Å². The van der Waals surface area contributed by atoms with Gasteiger partial charge < -0.3 is 4.48 Å². The topological polar surface area (TPSA) is 0 Å². The van der Waals surface area contributed by atoms with Gasteiger partial charge in [0.05, 0.1) is 26.7 Å². The van der Waals surface area contributed by atoms with Gasteiger partial charge in [0, 0.05) is 0 Å². The molecule has 1 saturated heterocycles. The fraction of sp³-hybridized carbons (Fsp3) is 1.00. The predicted octanol–water partition coefficient (Wildman–Crippen LogP) is 2.03. The smallest absolute Gasteiger partial charge is 0.0883 e. The lowest BCUT2D eigenvalue weighted by molar-refractivity contribution is -0.920. The molecule has 0 aromatic heterocycles. The van der Waals surface area contributed by atoms with Crippen LogP contribution < -0.4 is 0 Å². The second-order valence-electron chi connectivity index (χ2n) is 4.06. The van der Waals surface area contributed by atoms with Crippen LogP contribution in [0.5, 0.6) is 0 Å². The Morgan fingerprint density at radius 1 is 1.30 bits per heavy atom. The molecular weight excluding hydrogens is 122 g/mol. The van der Waals surface area contributed by atoms with Gasteiger partial charge in [-0.15, -0.1) is 0 Å². The highest BCUT2D eigenvalue weighted by atomic mass is 15.3. The summed E-state index contributed by atoms with van der Waals surface area (Å²) in [7, 11) is 4.74. The molecule has 1 rings (SSSR count). The average Bonchev–Trinajstić information content (AvgIpc) is 1.87. The highest BCUT2D eigenvalue weighted by molar-refractivity contribution is 4.61. The van der Waals surface area contributed by atoms with Gasteiger partial charge in [-0.3, -0.25) is 0 Å². The lowest BCUT2D eigenvalue weighted by atomic mass is 9.98. The Bertz CT molecular complexity index is 107. The van der Waals surface area contributed by atoms with Crippen LogP contribution in [0.4, 0.5) is 0 Å². The predicted molar refractivity (Wildman–Crippen MR) is 44.9 cm³/mol. The molecule has 1 aliphatic rings. The number of quaternary nitrogens is 1. The molecule has 1 heterocycles. The van der Waals surface area contributed by atoms with Crippen molar-refractivity contribution in [2.75, 3.05) is 20.6 Å². The quantitative estimate of drug-likeness (QED) is 0.491. The fourth-order valence-corrected chi connectivity index (χ4v) is 2.13. The Hall–Kier alpha value is -0.0400. The van der Waals surface area contributed by atoms with Crippen molar-refractivity contribution < 1.29 is 4.48 Å². The van der Waals surface area contributed by atoms with E-state index in [1.54, 1.807) is 0 Å². The van der Waals surface area contributed by atoms with Crippen molar-refractivity contribution in [2.45, 2.75) is 38.6 Å². The van der Waals surface area contributed by atoms with Crippen molar-refractivity contribution in [1.82, 2.24) is 0 Å². The summed E-state index contributed by atoms with van der Waals surface area (Å²) in [6, 6.07) is 0.939. The molecule has 0 radical (unpaired) electrons. The van der Waals surface area contributed by atoms with Gasteiger partial charge in [0.2, 0.25) is 0 Å². The van der Waals surface area contributed by atoms with Gasteiger partial charge >= 0.3 is 0 Å². The van der Waals surface area contributed by atoms with E-state index in [1.165, 1.54) is 36.7 Å². The highest BCUT2D eigenvalue weighted by Crippen LogP contribution is 2.23. The van der Waals surface area contributed by atoms with E-state index in [2.05, 4.69) is 21.0 Å². The van der Waals surface area contributed by atoms with E-state index in [-0.39, 0.29) is 0 Å². The summed E-state index contributed by atoms with van der Waals surface area (Å²) in [5.41, 5.74) is 0. The van der Waals surface area contributed by atoms with E-state index in [4.69, 9.17) is 0 Å². The van der Waals surface area contributed by atoms with E-state index in [9.17, 15) is 0 Å². The average molecular weight is 142 g/mol. The van der Waals surface area contributed by atoms with Crippen LogP contribution >= 0.6 is 0 Å². The normalized spacial score (nSPS) is 32.1. The van der Waals surface area contributed by atoms with Crippen LogP contribution in [0.15, 0.2) is 0 Å². The van der Waals surface area contributed by atoms with E-state index in [0.717, 1.165) is 6.04 Å². The molecule has 0 saturated carbocycles. The largest absolute Gasteiger partial charge is 0.326 e. The second-order valence-corrected chi connectivity index (χ2v) is 4.06. The van der Waals surface area contributed by atoms with Crippen molar-refractivity contribution >= 4 is 0 Å². The van der Waals surface area contributed by atoms with Crippen molar-refractivity contribution in [3.63, 3.8) is 0 Å². The Balaban J connectivity index is 2.51. The Labute approximate surface area is 64.6 Å². The molecule has 1 nitrogen and oxygen atoms in total. The summed E-state index contributed by atoms with van der Waals surface area (Å²) in [4.78, 5) is 0. The Kier molecular flexibility index (Phi) is 2.35. The first kappa shape index (κ1) is 8.06. The number of rotatable bonds is 1. The molecule has 0 bridgehead atoms. The molecule has 1 unspecified atom stereocenters. The van der Waals surface area contributed by atoms with Crippen LogP contribution in [0.25, 0.3) is 0 Å². The standard InChI is InChI=1S/C9H20N/c1-4-9-7-5-6-8-10(9,2)3/h9H,4-8H2,1-3H3/q+1.